The van der Waals surface area contributed by atoms with Gasteiger partial charge in [-0.25, -0.2) is 0 Å². The van der Waals surface area contributed by atoms with Crippen molar-refractivity contribution in [1.29, 1.82) is 0 Å². The summed E-state index contributed by atoms with van der Waals surface area (Å²) >= 11 is 0. The molecule has 30 heavy (non-hydrogen) atoms. The van der Waals surface area contributed by atoms with E-state index in [0.717, 1.165) is 0 Å². The SMILES string of the molecule is C#CCOc1ccc(C(=O)c2ccc(O[C@@H]3O[C@H](CO)[C@@H](O)[C@H](O)[C@H]3O)cc2)cc1. The molecule has 2 aromatic rings. The second-order valence-electron chi connectivity index (χ2n) is 6.69. The van der Waals surface area contributed by atoms with Crippen LogP contribution >= 0.6 is 0 Å². The van der Waals surface area contributed by atoms with Crippen LogP contribution in [0.15, 0.2) is 48.5 Å². The van der Waals surface area contributed by atoms with Gasteiger partial charge in [0.1, 0.15) is 42.5 Å². The van der Waals surface area contributed by atoms with Crippen molar-refractivity contribution in [3.05, 3.63) is 59.7 Å². The topological polar surface area (TPSA) is 126 Å². The van der Waals surface area contributed by atoms with Crippen LogP contribution in [-0.2, 0) is 4.74 Å². The molecule has 4 N–H and O–H groups in total. The van der Waals surface area contributed by atoms with E-state index in [-0.39, 0.29) is 18.1 Å². The maximum atomic E-state index is 12.6. The second kappa shape index (κ2) is 9.71. The summed E-state index contributed by atoms with van der Waals surface area (Å²) in [5.41, 5.74) is 0.874. The van der Waals surface area contributed by atoms with Crippen molar-refractivity contribution in [3.63, 3.8) is 0 Å². The van der Waals surface area contributed by atoms with Crippen LogP contribution in [-0.4, -0.2) is 70.1 Å². The molecule has 3 rings (SSSR count). The van der Waals surface area contributed by atoms with Crippen LogP contribution in [0.2, 0.25) is 0 Å². The van der Waals surface area contributed by atoms with Gasteiger partial charge in [0.25, 0.3) is 0 Å². The monoisotopic (exact) mass is 414 g/mol. The average molecular weight is 414 g/mol. The Morgan fingerprint density at radius 2 is 1.50 bits per heavy atom. The standard InChI is InChI=1S/C22H22O8/c1-2-11-28-15-7-3-13(4-8-15)18(24)14-5-9-16(10-6-14)29-22-21(27)20(26)19(25)17(12-23)30-22/h1,3-10,17,19-23,25-27H,11-12H2/t17-,19-,20+,21-,22-/m1/s1. The molecule has 1 aliphatic rings. The summed E-state index contributed by atoms with van der Waals surface area (Å²) in [7, 11) is 0. The second-order valence-corrected chi connectivity index (χ2v) is 6.69. The fourth-order valence-electron chi connectivity index (χ4n) is 2.98. The van der Waals surface area contributed by atoms with Crippen molar-refractivity contribution in [2.24, 2.45) is 0 Å². The summed E-state index contributed by atoms with van der Waals surface area (Å²) in [5.74, 6) is 2.99. The lowest BCUT2D eigenvalue weighted by Gasteiger charge is -2.39. The number of carbonyl (C=O) groups excluding carboxylic acids is 1. The minimum Gasteiger partial charge on any atom is -0.481 e. The van der Waals surface area contributed by atoms with E-state index in [0.29, 0.717) is 16.9 Å². The van der Waals surface area contributed by atoms with Gasteiger partial charge in [-0.1, -0.05) is 5.92 Å². The minimum absolute atomic E-state index is 0.142. The van der Waals surface area contributed by atoms with Crippen LogP contribution < -0.4 is 9.47 Å². The van der Waals surface area contributed by atoms with Gasteiger partial charge in [0, 0.05) is 11.1 Å². The van der Waals surface area contributed by atoms with Crippen LogP contribution in [0.5, 0.6) is 11.5 Å². The fraction of sp³-hybridized carbons (Fsp3) is 0.318. The molecule has 0 bridgehead atoms. The summed E-state index contributed by atoms with van der Waals surface area (Å²) in [6.07, 6.45) is -1.73. The van der Waals surface area contributed by atoms with Gasteiger partial charge in [-0.2, -0.15) is 0 Å². The Bertz CT molecular complexity index is 885. The van der Waals surface area contributed by atoms with Gasteiger partial charge in [0.05, 0.1) is 6.61 Å². The lowest BCUT2D eigenvalue weighted by Crippen LogP contribution is -2.60. The molecule has 1 aliphatic heterocycles. The highest BCUT2D eigenvalue weighted by Crippen LogP contribution is 2.25. The number of ether oxygens (including phenoxy) is 3. The third kappa shape index (κ3) is 4.79. The van der Waals surface area contributed by atoms with E-state index in [1.807, 2.05) is 0 Å². The number of aliphatic hydroxyl groups excluding tert-OH is 4. The first-order valence-corrected chi connectivity index (χ1v) is 9.23. The lowest BCUT2D eigenvalue weighted by molar-refractivity contribution is -0.277. The molecule has 1 heterocycles. The number of benzene rings is 2. The summed E-state index contributed by atoms with van der Waals surface area (Å²) in [5, 5.41) is 38.9. The Balaban J connectivity index is 1.66. The molecule has 5 atom stereocenters. The van der Waals surface area contributed by atoms with Gasteiger partial charge in [-0.3, -0.25) is 4.79 Å². The lowest BCUT2D eigenvalue weighted by atomic mass is 9.99. The van der Waals surface area contributed by atoms with Gasteiger partial charge in [0.2, 0.25) is 6.29 Å². The number of hydrogen-bond donors (Lipinski definition) is 4. The number of carbonyl (C=O) groups is 1. The molecule has 0 aromatic heterocycles. The van der Waals surface area contributed by atoms with Crippen molar-refractivity contribution in [3.8, 4) is 23.8 Å². The van der Waals surface area contributed by atoms with E-state index in [1.165, 1.54) is 12.1 Å². The molecular weight excluding hydrogens is 392 g/mol. The van der Waals surface area contributed by atoms with Crippen molar-refractivity contribution < 1.29 is 39.4 Å². The summed E-state index contributed by atoms with van der Waals surface area (Å²) in [6, 6.07) is 12.7. The Kier molecular flexibility index (Phi) is 7.05. The molecule has 0 amide bonds. The molecule has 1 saturated heterocycles. The summed E-state index contributed by atoms with van der Waals surface area (Å²) in [4.78, 5) is 12.6. The third-order valence-corrected chi connectivity index (χ3v) is 4.66. The molecule has 0 spiro atoms. The van der Waals surface area contributed by atoms with Gasteiger partial charge in [-0.05, 0) is 48.5 Å². The van der Waals surface area contributed by atoms with Gasteiger partial charge < -0.3 is 34.6 Å². The highest BCUT2D eigenvalue weighted by Gasteiger charge is 2.44. The number of rotatable bonds is 7. The maximum Gasteiger partial charge on any atom is 0.229 e. The normalized spacial score (nSPS) is 25.9. The van der Waals surface area contributed by atoms with E-state index in [2.05, 4.69) is 5.92 Å². The highest BCUT2D eigenvalue weighted by molar-refractivity contribution is 6.09. The summed E-state index contributed by atoms with van der Waals surface area (Å²) < 4.78 is 16.1. The Labute approximate surface area is 173 Å². The molecule has 0 saturated carbocycles. The Morgan fingerprint density at radius 1 is 0.933 bits per heavy atom. The first-order valence-electron chi connectivity index (χ1n) is 9.23. The summed E-state index contributed by atoms with van der Waals surface area (Å²) in [6.45, 7) is -0.409. The minimum atomic E-state index is -1.53. The Morgan fingerprint density at radius 3 is 2.03 bits per heavy atom. The van der Waals surface area contributed by atoms with E-state index in [9.17, 15) is 25.2 Å². The molecule has 158 valence electrons. The number of aliphatic hydroxyl groups is 4. The smallest absolute Gasteiger partial charge is 0.229 e. The molecule has 1 fully saturated rings. The quantitative estimate of drug-likeness (QED) is 0.372. The molecule has 0 unspecified atom stereocenters. The zero-order valence-electron chi connectivity index (χ0n) is 15.9. The van der Waals surface area contributed by atoms with Gasteiger partial charge in [-0.15, -0.1) is 6.42 Å². The molecular formula is C22H22O8. The fourth-order valence-corrected chi connectivity index (χ4v) is 2.98. The first-order chi connectivity index (χ1) is 14.4. The predicted octanol–water partition coefficient (Wildman–Crippen LogP) is 0.108. The largest absolute Gasteiger partial charge is 0.481 e. The van der Waals surface area contributed by atoms with E-state index < -0.39 is 37.3 Å². The van der Waals surface area contributed by atoms with Crippen LogP contribution in [0, 0.1) is 12.3 Å². The average Bonchev–Trinajstić information content (AvgIpc) is 2.78. The van der Waals surface area contributed by atoms with E-state index in [4.69, 9.17) is 20.6 Å². The highest BCUT2D eigenvalue weighted by atomic mass is 16.7. The number of ketones is 1. The predicted molar refractivity (Wildman–Crippen MR) is 105 cm³/mol. The molecule has 8 nitrogen and oxygen atoms in total. The van der Waals surface area contributed by atoms with Crippen molar-refractivity contribution in [2.75, 3.05) is 13.2 Å². The van der Waals surface area contributed by atoms with Crippen LogP contribution in [0.4, 0.5) is 0 Å². The molecule has 0 radical (unpaired) electrons. The van der Waals surface area contributed by atoms with E-state index >= 15 is 0 Å². The Hall–Kier alpha value is -2.93. The van der Waals surface area contributed by atoms with Gasteiger partial charge in [0.15, 0.2) is 5.78 Å². The van der Waals surface area contributed by atoms with Gasteiger partial charge >= 0.3 is 0 Å². The molecule has 2 aromatic carbocycles. The van der Waals surface area contributed by atoms with Crippen LogP contribution in [0.3, 0.4) is 0 Å². The van der Waals surface area contributed by atoms with Crippen LogP contribution in [0.1, 0.15) is 15.9 Å². The molecule has 8 heteroatoms. The van der Waals surface area contributed by atoms with Crippen molar-refractivity contribution in [2.45, 2.75) is 30.7 Å². The number of hydrogen-bond acceptors (Lipinski definition) is 8. The van der Waals surface area contributed by atoms with Crippen molar-refractivity contribution >= 4 is 5.78 Å². The van der Waals surface area contributed by atoms with Crippen molar-refractivity contribution in [1.82, 2.24) is 0 Å². The first kappa shape index (κ1) is 21.8. The third-order valence-electron chi connectivity index (χ3n) is 4.66. The zero-order valence-corrected chi connectivity index (χ0v) is 15.9. The zero-order chi connectivity index (χ0) is 21.7. The number of terminal acetylenes is 1. The van der Waals surface area contributed by atoms with Crippen LogP contribution in [0.25, 0.3) is 0 Å². The molecule has 0 aliphatic carbocycles. The van der Waals surface area contributed by atoms with E-state index in [1.54, 1.807) is 36.4 Å². The maximum absolute atomic E-state index is 12.6.